The Kier molecular flexibility index (Phi) is 11.7. The summed E-state index contributed by atoms with van der Waals surface area (Å²) in [7, 11) is 0. The molecule has 0 rings (SSSR count). The van der Waals surface area contributed by atoms with Gasteiger partial charge in [-0.15, -0.1) is 0 Å². The van der Waals surface area contributed by atoms with Crippen molar-refractivity contribution < 1.29 is 79.2 Å². The fourth-order valence-corrected chi connectivity index (χ4v) is 2.43. The minimum absolute atomic E-state index is 0.430. The summed E-state index contributed by atoms with van der Waals surface area (Å²) in [6, 6.07) is 0. The Bertz CT molecular complexity index is 700. The first kappa shape index (κ1) is 30.0. The molecular formula is C16H20O16. The number of rotatable bonds is 13. The molecule has 1 unspecified atom stereocenters. The van der Waals surface area contributed by atoms with Crippen LogP contribution < -0.4 is 0 Å². The number of aliphatic carboxylic acids is 8. The van der Waals surface area contributed by atoms with Crippen molar-refractivity contribution >= 4 is 47.8 Å². The molecule has 0 radical (unpaired) electrons. The standard InChI is InChI=1S/2C8H10O8/c1-2-3(4(9)10)8(5(11)12,6(13)14)7(15)16;9-5(10)3(6(11)12)1-2-4(7(13)14)8(15)16/h3H,2H2,1H3,(H,9,10)(H,11,12)(H,13,14)(H,15,16);3-4H,1-2H2,(H,9,10)(H,11,12)(H,13,14)(H,15,16). The van der Waals surface area contributed by atoms with E-state index in [1.165, 1.54) is 6.92 Å². The molecule has 16 nitrogen and oxygen atoms in total. The highest BCUT2D eigenvalue weighted by atomic mass is 16.4. The maximum atomic E-state index is 10.8. The fraction of sp³-hybridized carbons (Fsp3) is 0.500. The van der Waals surface area contributed by atoms with Crippen LogP contribution in [0, 0.1) is 23.2 Å². The molecule has 1 atom stereocenters. The summed E-state index contributed by atoms with van der Waals surface area (Å²) in [6.07, 6.45) is -1.53. The SMILES string of the molecule is CCC(C(=O)O)C(C(=O)O)(C(=O)O)C(=O)O.O=C(O)C(CCC(C(=O)O)C(=O)O)C(=O)O. The molecule has 0 bridgehead atoms. The maximum Gasteiger partial charge on any atom is 0.333 e. The van der Waals surface area contributed by atoms with Crippen LogP contribution in [-0.4, -0.2) is 88.6 Å². The molecule has 8 N–H and O–H groups in total. The van der Waals surface area contributed by atoms with E-state index >= 15 is 0 Å². The normalized spacial score (nSPS) is 11.6. The number of hydrogen-bond donors (Lipinski definition) is 8. The lowest BCUT2D eigenvalue weighted by atomic mass is 9.74. The second kappa shape index (κ2) is 12.5. The Morgan fingerprint density at radius 1 is 0.531 bits per heavy atom. The monoisotopic (exact) mass is 468 g/mol. The zero-order valence-electron chi connectivity index (χ0n) is 16.2. The predicted octanol–water partition coefficient (Wildman–Crippen LogP) is -1.33. The van der Waals surface area contributed by atoms with E-state index in [1.54, 1.807) is 0 Å². The Morgan fingerprint density at radius 3 is 0.875 bits per heavy atom. The first-order valence-corrected chi connectivity index (χ1v) is 8.34. The fourth-order valence-electron chi connectivity index (χ4n) is 2.43. The van der Waals surface area contributed by atoms with Gasteiger partial charge in [-0.1, -0.05) is 6.92 Å². The molecule has 180 valence electrons. The van der Waals surface area contributed by atoms with Gasteiger partial charge in [0.15, 0.2) is 11.8 Å². The summed E-state index contributed by atoms with van der Waals surface area (Å²) < 4.78 is 0. The van der Waals surface area contributed by atoms with Gasteiger partial charge in [-0.25, -0.2) is 0 Å². The summed E-state index contributed by atoms with van der Waals surface area (Å²) in [5, 5.41) is 68.6. The molecule has 0 aromatic carbocycles. The Hall–Kier alpha value is -4.24. The Morgan fingerprint density at radius 2 is 0.781 bits per heavy atom. The lowest BCUT2D eigenvalue weighted by Crippen LogP contribution is -2.54. The van der Waals surface area contributed by atoms with Gasteiger partial charge in [0, 0.05) is 0 Å². The van der Waals surface area contributed by atoms with Gasteiger partial charge in [0.1, 0.15) is 0 Å². The van der Waals surface area contributed by atoms with E-state index in [-0.39, 0.29) is 0 Å². The molecule has 0 heterocycles. The number of carboxylic acid groups (broad SMARTS) is 8. The maximum absolute atomic E-state index is 10.8. The predicted molar refractivity (Wildman–Crippen MR) is 93.5 cm³/mol. The minimum Gasteiger partial charge on any atom is -0.481 e. The minimum atomic E-state index is -3.36. The Labute approximate surface area is 177 Å². The van der Waals surface area contributed by atoms with Crippen LogP contribution in [0.25, 0.3) is 0 Å². The number of carbonyl (C=O) groups is 8. The summed E-state index contributed by atoms with van der Waals surface area (Å²) >= 11 is 0. The van der Waals surface area contributed by atoms with Gasteiger partial charge in [-0.05, 0) is 19.3 Å². The second-order valence-corrected chi connectivity index (χ2v) is 6.06. The van der Waals surface area contributed by atoms with Crippen LogP contribution in [0.2, 0.25) is 0 Å². The van der Waals surface area contributed by atoms with Gasteiger partial charge in [0.05, 0.1) is 5.92 Å². The van der Waals surface area contributed by atoms with E-state index in [0.29, 0.717) is 0 Å². The van der Waals surface area contributed by atoms with Crippen molar-refractivity contribution in [2.75, 3.05) is 0 Å². The third-order valence-electron chi connectivity index (χ3n) is 4.18. The van der Waals surface area contributed by atoms with Crippen LogP contribution >= 0.6 is 0 Å². The molecule has 0 aliphatic heterocycles. The third kappa shape index (κ3) is 7.22. The van der Waals surface area contributed by atoms with Crippen LogP contribution in [0.4, 0.5) is 0 Å². The van der Waals surface area contributed by atoms with E-state index in [4.69, 9.17) is 40.9 Å². The molecule has 0 amide bonds. The number of carboxylic acids is 8. The molecule has 0 aromatic heterocycles. The summed E-state index contributed by atoms with van der Waals surface area (Å²) in [5.41, 5.74) is -3.36. The van der Waals surface area contributed by atoms with Gasteiger partial charge >= 0.3 is 47.8 Å². The Balaban J connectivity index is 0. The van der Waals surface area contributed by atoms with Gasteiger partial charge < -0.3 is 40.9 Å². The first-order valence-electron chi connectivity index (χ1n) is 8.34. The topological polar surface area (TPSA) is 298 Å². The molecule has 0 aliphatic carbocycles. The lowest BCUT2D eigenvalue weighted by molar-refractivity contribution is -0.186. The highest BCUT2D eigenvalue weighted by Gasteiger charge is 2.62. The smallest absolute Gasteiger partial charge is 0.333 e. The van der Waals surface area contributed by atoms with E-state index in [2.05, 4.69) is 0 Å². The van der Waals surface area contributed by atoms with E-state index in [1.807, 2.05) is 0 Å². The molecule has 0 spiro atoms. The van der Waals surface area contributed by atoms with Crippen molar-refractivity contribution in [1.82, 2.24) is 0 Å². The summed E-state index contributed by atoms with van der Waals surface area (Å²) in [4.78, 5) is 84.7. The van der Waals surface area contributed by atoms with Crippen molar-refractivity contribution in [3.63, 3.8) is 0 Å². The second-order valence-electron chi connectivity index (χ2n) is 6.06. The van der Waals surface area contributed by atoms with E-state index < -0.39 is 90.2 Å². The molecule has 0 saturated carbocycles. The van der Waals surface area contributed by atoms with Crippen molar-refractivity contribution in [2.45, 2.75) is 26.2 Å². The van der Waals surface area contributed by atoms with E-state index in [0.717, 1.165) is 0 Å². The van der Waals surface area contributed by atoms with Gasteiger partial charge in [-0.3, -0.25) is 38.4 Å². The quantitative estimate of drug-likeness (QED) is 0.145. The summed E-state index contributed by atoms with van der Waals surface area (Å²) in [6.45, 7) is 1.20. The first-order chi connectivity index (χ1) is 14.5. The number of hydrogen-bond acceptors (Lipinski definition) is 8. The summed E-state index contributed by atoms with van der Waals surface area (Å²) in [5.74, 6) is -20.5. The van der Waals surface area contributed by atoms with Crippen molar-refractivity contribution in [1.29, 1.82) is 0 Å². The molecule has 0 saturated heterocycles. The third-order valence-corrected chi connectivity index (χ3v) is 4.18. The van der Waals surface area contributed by atoms with Crippen LogP contribution in [0.15, 0.2) is 0 Å². The van der Waals surface area contributed by atoms with Gasteiger partial charge in [0.2, 0.25) is 0 Å². The van der Waals surface area contributed by atoms with Crippen LogP contribution in [0.3, 0.4) is 0 Å². The van der Waals surface area contributed by atoms with Crippen LogP contribution in [0.5, 0.6) is 0 Å². The average Bonchev–Trinajstić information content (AvgIpc) is 2.60. The highest BCUT2D eigenvalue weighted by Crippen LogP contribution is 2.32. The van der Waals surface area contributed by atoms with Crippen molar-refractivity contribution in [2.24, 2.45) is 23.2 Å². The molecule has 0 fully saturated rings. The van der Waals surface area contributed by atoms with Crippen LogP contribution in [0.1, 0.15) is 26.2 Å². The molecule has 0 aliphatic rings. The van der Waals surface area contributed by atoms with Crippen LogP contribution in [-0.2, 0) is 38.4 Å². The zero-order valence-corrected chi connectivity index (χ0v) is 16.2. The van der Waals surface area contributed by atoms with Gasteiger partial charge in [-0.2, -0.15) is 0 Å². The highest BCUT2D eigenvalue weighted by molar-refractivity contribution is 6.18. The molecule has 0 aromatic rings. The molecule has 16 heteroatoms. The van der Waals surface area contributed by atoms with Crippen molar-refractivity contribution in [3.8, 4) is 0 Å². The average molecular weight is 468 g/mol. The largest absolute Gasteiger partial charge is 0.481 e. The van der Waals surface area contributed by atoms with E-state index in [9.17, 15) is 38.4 Å². The van der Waals surface area contributed by atoms with Crippen molar-refractivity contribution in [3.05, 3.63) is 0 Å². The molecule has 32 heavy (non-hydrogen) atoms. The van der Waals surface area contributed by atoms with Gasteiger partial charge in [0.25, 0.3) is 5.41 Å². The zero-order chi connectivity index (χ0) is 26.0. The molecular weight excluding hydrogens is 448 g/mol. The lowest BCUT2D eigenvalue weighted by Gasteiger charge is -2.25.